The van der Waals surface area contributed by atoms with Gasteiger partial charge in [0.15, 0.2) is 22.8 Å². The van der Waals surface area contributed by atoms with E-state index >= 15 is 4.39 Å². The van der Waals surface area contributed by atoms with Crippen LogP contribution in [0, 0.1) is 78.6 Å². The maximum absolute atomic E-state index is 17.2. The van der Waals surface area contributed by atoms with Gasteiger partial charge in [-0.05, 0) is 197 Å². The largest absolute Gasteiger partial charge is 1.00 e. The Morgan fingerprint density at radius 1 is 0.879 bits per heavy atom. The van der Waals surface area contributed by atoms with E-state index in [2.05, 4.69) is 32.7 Å². The van der Waals surface area contributed by atoms with Crippen molar-refractivity contribution in [3.8, 4) is 0 Å². The fourth-order valence-electron chi connectivity index (χ4n) is 19.9. The molecule has 7 saturated carbocycles. The minimum Gasteiger partial charge on any atom is -0.545 e. The van der Waals surface area contributed by atoms with E-state index in [1.54, 1.807) is 56.7 Å². The van der Waals surface area contributed by atoms with Crippen LogP contribution in [-0.2, 0) is 51.3 Å². The summed E-state index contributed by atoms with van der Waals surface area (Å²) in [6.45, 7) is 22.4. The van der Waals surface area contributed by atoms with Crippen molar-refractivity contribution in [3.05, 3.63) is 143 Å². The van der Waals surface area contributed by atoms with Gasteiger partial charge < -0.3 is 49.2 Å². The first-order valence-corrected chi connectivity index (χ1v) is 35.9. The zero-order chi connectivity index (χ0) is 72.6. The smallest absolute Gasteiger partial charge is 0.545 e. The zero-order valence-electron chi connectivity index (χ0n) is 58.6. The third-order valence-corrected chi connectivity index (χ3v) is 25.9. The van der Waals surface area contributed by atoms with Gasteiger partial charge >= 0.3 is 41.5 Å². The van der Waals surface area contributed by atoms with Gasteiger partial charge in [-0.25, -0.2) is 9.37 Å². The predicted octanol–water partition coefficient (Wildman–Crippen LogP) is 11.5. The number of carboxylic acid groups (broad SMARTS) is 1. The fraction of sp³-hybridized carbons (Fsp3) is 0.622. The molecule has 4 N–H and O–H groups in total. The number of esters is 2. The number of hydrogen-bond acceptors (Lipinski definition) is 15. The van der Waals surface area contributed by atoms with Crippen LogP contribution in [0.25, 0.3) is 0 Å². The van der Waals surface area contributed by atoms with Gasteiger partial charge in [0.2, 0.25) is 0 Å². The van der Waals surface area contributed by atoms with Gasteiger partial charge in [-0.2, -0.15) is 0 Å². The summed E-state index contributed by atoms with van der Waals surface area (Å²) in [6.07, 6.45) is 15.6. The molecule has 8 aliphatic rings. The van der Waals surface area contributed by atoms with Crippen molar-refractivity contribution < 1.29 is 103 Å². The van der Waals surface area contributed by atoms with Crippen molar-refractivity contribution in [1.29, 1.82) is 0 Å². The minimum atomic E-state index is -1.99. The molecule has 0 aliphatic heterocycles. The van der Waals surface area contributed by atoms with Gasteiger partial charge in [-0.15, -0.1) is 21.7 Å². The van der Waals surface area contributed by atoms with Gasteiger partial charge in [0, 0.05) is 74.1 Å². The number of carbonyl (C=O) groups is 5. The van der Waals surface area contributed by atoms with Gasteiger partial charge in [-0.1, -0.05) is 130 Å². The number of ketones is 2. The molecule has 0 saturated heterocycles. The Bertz CT molecular complexity index is 3620. The Balaban J connectivity index is 0.000000205. The Morgan fingerprint density at radius 3 is 2.12 bits per heavy atom. The van der Waals surface area contributed by atoms with Crippen LogP contribution in [-0.4, -0.2) is 106 Å². The summed E-state index contributed by atoms with van der Waals surface area (Å²) in [4.78, 5) is 74.8. The molecule has 0 radical (unpaired) electrons. The summed E-state index contributed by atoms with van der Waals surface area (Å²) in [5.41, 5.74) is -1.81. The first-order valence-electron chi connectivity index (χ1n) is 33.9. The Kier molecular flexibility index (Phi) is 26.9. The van der Waals surface area contributed by atoms with Gasteiger partial charge in [-0.3, -0.25) is 19.2 Å². The summed E-state index contributed by atoms with van der Waals surface area (Å²) in [7, 11) is 0. The predicted molar refractivity (Wildman–Crippen MR) is 369 cm³/mol. The summed E-state index contributed by atoms with van der Waals surface area (Å²) in [6, 6.07) is 10.7. The number of aliphatic carboxylic acids is 1. The number of aliphatic hydroxyl groups is 3. The number of aliphatic hydroxyl groups excluding tert-OH is 3. The second-order valence-corrected chi connectivity index (χ2v) is 31.8. The quantitative estimate of drug-likeness (QED) is 0.0209. The Morgan fingerprint density at radius 2 is 1.54 bits per heavy atom. The monoisotopic (exact) mass is 1480 g/mol. The topological polar surface area (TPSA) is 278 Å². The number of nitrogens with zero attached hydrogens (tertiary/aromatic N) is 3. The van der Waals surface area contributed by atoms with E-state index < -0.39 is 69.3 Å². The number of carbonyl (C=O) groups excluding carboxylic acids is 5. The first kappa shape index (κ1) is 82.1. The molecular formula is C74H94Cl5FN3NaO15. The molecule has 0 amide bonds. The standard InChI is InChI=1S/C31H48O6.C25H32ClFO5.C18H14Cl4N2O.HNO3.Na/c1-17(2)9-8-10-20(28(35)36)26-22-15-24(34)27-29(5)13-12-23(33)18(3)21(29)11-14-30(27,6)31(22,7)16-25(26)37-19(4)32;1-5-21(31)32-25(20(30)13-26)14(2)10-18-17-7-6-15-11-16(28)8-9-22(15,3)24(17,27)19(29)12-23(18,25)4;19-13-2-1-12(16(21)7-13)10-25-18(9-24-6-5-23-11-24)15-4-3-14(20)8-17(15)22;2-1(3)4;/h9,18,21-25,27,33-34H,8,10-16H2,1-7H3,(H,35,36);8-9,11,14,17-19,29H,5-7,10,12-13H2,1-4H3;1-8,11,18H,9-10H2;(H,2,3,4);/q;;;;+1/p-1/b26-20-;;;;/t18-,21-,22-,23+,24+,25-,27-,29-,30-,31-;14-,17-,18-,19-,22-,23-,24-,25-;;;/m00.../s1. The van der Waals surface area contributed by atoms with Crippen LogP contribution in [0.15, 0.2) is 102 Å². The maximum Gasteiger partial charge on any atom is 1.00 e. The molecule has 11 rings (SSSR count). The van der Waals surface area contributed by atoms with Crippen molar-refractivity contribution in [1.82, 2.24) is 9.55 Å². The molecule has 1 aromatic heterocycles. The van der Waals surface area contributed by atoms with E-state index in [9.17, 15) is 44.4 Å². The summed E-state index contributed by atoms with van der Waals surface area (Å²) >= 11 is 30.5. The number of aromatic nitrogens is 2. The van der Waals surface area contributed by atoms with E-state index in [-0.39, 0.29) is 123 Å². The van der Waals surface area contributed by atoms with Crippen molar-refractivity contribution in [2.75, 3.05) is 5.88 Å². The molecule has 3 aromatic rings. The first-order chi connectivity index (χ1) is 45.8. The molecule has 1 unspecified atom stereocenters. The van der Waals surface area contributed by atoms with Crippen molar-refractivity contribution in [3.63, 3.8) is 0 Å². The van der Waals surface area contributed by atoms with Crippen LogP contribution in [0.3, 0.4) is 0 Å². The van der Waals surface area contributed by atoms with Crippen LogP contribution < -0.4 is 34.7 Å². The number of Topliss-reactive ketones (excluding diaryl/α,β-unsaturated/α-hetero) is 1. The SMILES string of the molecule is CC(=O)O[C@H]1C[C@@]2(C)[C@@H](C[C@@H](O)[C@H]3[C@@]4(C)CC[C@@H](O)[C@@H](C)[C@@H]4CC[C@@]32C)/C1=C(\CCC=C(C)C)C(=O)[O-].CCC(=O)O[C@]1(C(=O)CCl)[C@@H](C)C[C@H]2[C@@H]3CCC4=CC(=O)C=C[C@]4(C)[C@@]3(F)[C@@H](O)C[C@@]21C.Clc1ccc(COC(Cn2ccnc2)c2ccc(Cl)cc2Cl)c(Cl)c1.O=[N+]([O-])O.[Na+]. The number of carboxylic acids is 1. The number of ether oxygens (including phenoxy) is 3. The third kappa shape index (κ3) is 15.6. The zero-order valence-corrected chi connectivity index (χ0v) is 64.4. The summed E-state index contributed by atoms with van der Waals surface area (Å²) < 4.78 is 37.0. The molecule has 7 fully saturated rings. The van der Waals surface area contributed by atoms with Crippen LogP contribution in [0.5, 0.6) is 0 Å². The van der Waals surface area contributed by atoms with E-state index in [1.165, 1.54) is 19.1 Å². The molecule has 18 nitrogen and oxygen atoms in total. The van der Waals surface area contributed by atoms with Crippen LogP contribution in [0.4, 0.5) is 4.39 Å². The van der Waals surface area contributed by atoms with E-state index in [4.69, 9.17) is 87.5 Å². The second-order valence-electron chi connectivity index (χ2n) is 29.8. The van der Waals surface area contributed by atoms with Crippen molar-refractivity contribution >= 4 is 87.5 Å². The Hall–Kier alpha value is -4.22. The Labute approximate surface area is 627 Å². The van der Waals surface area contributed by atoms with E-state index in [0.29, 0.717) is 95.3 Å². The molecule has 2 aromatic carbocycles. The molecule has 8 aliphatic carbocycles. The molecule has 19 atom stereocenters. The molecule has 99 heavy (non-hydrogen) atoms. The van der Waals surface area contributed by atoms with Gasteiger partial charge in [0.25, 0.3) is 5.09 Å². The number of allylic oxidation sites excluding steroid dienone is 6. The maximum atomic E-state index is 17.2. The average Bonchev–Trinajstić information content (AvgIpc) is 1.63. The average molecular weight is 1480 g/mol. The third-order valence-electron chi connectivity index (χ3n) is 24.5. The van der Waals surface area contributed by atoms with E-state index in [1.807, 2.05) is 56.7 Å². The number of rotatable bonds is 15. The molecule has 1 heterocycles. The molecule has 25 heteroatoms. The van der Waals surface area contributed by atoms with Crippen LogP contribution in [0.2, 0.25) is 20.1 Å². The number of alkyl halides is 2. The number of halogens is 6. The number of fused-ring (bicyclic) bond motifs is 10. The normalized spacial score (nSPS) is 35.9. The number of hydrogen-bond donors (Lipinski definition) is 4. The summed E-state index contributed by atoms with van der Waals surface area (Å²) in [5.74, 6) is -3.82. The van der Waals surface area contributed by atoms with Gasteiger partial charge in [0.1, 0.15) is 12.2 Å². The summed E-state index contributed by atoms with van der Waals surface area (Å²) in [5, 5.41) is 62.4. The van der Waals surface area contributed by atoms with Crippen LogP contribution >= 0.6 is 58.0 Å². The second kappa shape index (κ2) is 32.4. The minimum absolute atomic E-state index is 0. The number of benzene rings is 2. The van der Waals surface area contributed by atoms with Crippen molar-refractivity contribution in [2.45, 2.75) is 215 Å². The number of imidazole rings is 1. The molecule has 538 valence electrons. The molecular weight excluding hydrogens is 1390 g/mol. The van der Waals surface area contributed by atoms with Crippen molar-refractivity contribution in [2.24, 2.45) is 68.5 Å². The van der Waals surface area contributed by atoms with Gasteiger partial charge in [0.05, 0.1) is 49.6 Å². The fourth-order valence-corrected chi connectivity index (χ4v) is 21.1. The molecule has 0 spiro atoms. The molecule has 0 bridgehead atoms. The van der Waals surface area contributed by atoms with E-state index in [0.717, 1.165) is 42.4 Å². The van der Waals surface area contributed by atoms with Crippen LogP contribution in [0.1, 0.15) is 177 Å².